The van der Waals surface area contributed by atoms with Crippen molar-refractivity contribution in [3.63, 3.8) is 0 Å². The molecular weight excluding hydrogens is 528 g/mol. The van der Waals surface area contributed by atoms with E-state index in [1.54, 1.807) is 23.6 Å². The lowest BCUT2D eigenvalue weighted by Gasteiger charge is -2.14. The molecule has 0 aliphatic heterocycles. The molecule has 0 spiro atoms. The molecule has 1 aliphatic rings. The van der Waals surface area contributed by atoms with Crippen LogP contribution in [0.2, 0.25) is 0 Å². The van der Waals surface area contributed by atoms with Gasteiger partial charge in [-0.15, -0.1) is 11.3 Å². The molecule has 6 rings (SSSR count). The van der Waals surface area contributed by atoms with E-state index in [1.807, 2.05) is 87.5 Å². The number of thiophene rings is 1. The fourth-order valence-corrected chi connectivity index (χ4v) is 7.15. The number of nitrogens with zero attached hydrogens (tertiary/aromatic N) is 2. The van der Waals surface area contributed by atoms with Crippen LogP contribution in [0.1, 0.15) is 66.5 Å². The Morgan fingerprint density at radius 3 is 2.49 bits per heavy atom. The lowest BCUT2D eigenvalue weighted by Crippen LogP contribution is -2.18. The third-order valence-corrected chi connectivity index (χ3v) is 9.04. The van der Waals surface area contributed by atoms with E-state index >= 15 is 0 Å². The summed E-state index contributed by atoms with van der Waals surface area (Å²) in [5, 5.41) is 10.3. The van der Waals surface area contributed by atoms with E-state index in [1.165, 1.54) is 10.4 Å². The number of aromatic nitrogens is 1. The van der Waals surface area contributed by atoms with E-state index in [4.69, 9.17) is 0 Å². The first-order valence-electron chi connectivity index (χ1n) is 13.9. The number of benzene rings is 3. The second kappa shape index (κ2) is 11.2. The molecule has 41 heavy (non-hydrogen) atoms. The van der Waals surface area contributed by atoms with E-state index in [0.29, 0.717) is 5.56 Å². The van der Waals surface area contributed by atoms with Gasteiger partial charge in [0.25, 0.3) is 11.8 Å². The molecule has 2 heterocycles. The van der Waals surface area contributed by atoms with Crippen molar-refractivity contribution in [3.8, 4) is 5.00 Å². The third-order valence-electron chi connectivity index (χ3n) is 7.77. The maximum Gasteiger partial charge on any atom is 0.271 e. The lowest BCUT2D eigenvalue weighted by atomic mass is 9.95. The van der Waals surface area contributed by atoms with Crippen molar-refractivity contribution >= 4 is 45.8 Å². The minimum Gasteiger partial charge on any atom is -0.322 e. The summed E-state index contributed by atoms with van der Waals surface area (Å²) in [6.45, 7) is 6.10. The molecule has 6 nitrogen and oxygen atoms in total. The molecule has 1 aliphatic carbocycles. The Balaban J connectivity index is 1.30. The van der Waals surface area contributed by atoms with Crippen LogP contribution in [0.25, 0.3) is 15.8 Å². The van der Waals surface area contributed by atoms with Crippen molar-refractivity contribution < 1.29 is 9.59 Å². The van der Waals surface area contributed by atoms with Crippen molar-refractivity contribution in [2.75, 3.05) is 5.32 Å². The summed E-state index contributed by atoms with van der Waals surface area (Å²) in [6.07, 6.45) is 5.83. The molecule has 0 saturated heterocycles. The number of anilines is 1. The number of amides is 2. The largest absolute Gasteiger partial charge is 0.322 e. The van der Waals surface area contributed by atoms with Gasteiger partial charge in [0.1, 0.15) is 5.00 Å². The second-order valence-corrected chi connectivity index (χ2v) is 11.7. The molecule has 0 fully saturated rings. The average Bonchev–Trinajstić information content (AvgIpc) is 3.49. The summed E-state index contributed by atoms with van der Waals surface area (Å²) in [5.74, 6) is -0.332. The minimum absolute atomic E-state index is 0.0756. The van der Waals surface area contributed by atoms with Gasteiger partial charge in [0.05, 0.1) is 11.8 Å². The van der Waals surface area contributed by atoms with Crippen molar-refractivity contribution in [2.24, 2.45) is 5.10 Å². The Kier molecular flexibility index (Phi) is 7.28. The molecule has 3 aromatic carbocycles. The lowest BCUT2D eigenvalue weighted by molar-refractivity contribution is 0.0955. The van der Waals surface area contributed by atoms with Gasteiger partial charge in [-0.1, -0.05) is 54.1 Å². The van der Waals surface area contributed by atoms with Crippen LogP contribution in [0.4, 0.5) is 5.69 Å². The zero-order chi connectivity index (χ0) is 28.5. The third kappa shape index (κ3) is 5.21. The first kappa shape index (κ1) is 26.7. The highest BCUT2D eigenvalue weighted by atomic mass is 32.1. The van der Waals surface area contributed by atoms with Gasteiger partial charge in [-0.2, -0.15) is 5.10 Å². The van der Waals surface area contributed by atoms with Crippen molar-refractivity contribution in [2.45, 2.75) is 46.5 Å². The maximum absolute atomic E-state index is 13.7. The number of rotatable bonds is 6. The van der Waals surface area contributed by atoms with Gasteiger partial charge in [0.15, 0.2) is 0 Å². The van der Waals surface area contributed by atoms with Crippen molar-refractivity contribution in [1.82, 2.24) is 9.99 Å². The van der Waals surface area contributed by atoms with Crippen LogP contribution in [0.5, 0.6) is 0 Å². The molecule has 206 valence electrons. The summed E-state index contributed by atoms with van der Waals surface area (Å²) in [6, 6.07) is 23.4. The molecule has 2 aromatic heterocycles. The number of carbonyl (C=O) groups is 2. The number of fused-ring (bicyclic) bond motifs is 2. The predicted molar refractivity (Wildman–Crippen MR) is 168 cm³/mol. The molecule has 0 saturated carbocycles. The van der Waals surface area contributed by atoms with Gasteiger partial charge in [0.2, 0.25) is 0 Å². The van der Waals surface area contributed by atoms with Gasteiger partial charge in [-0.05, 0) is 87.1 Å². The van der Waals surface area contributed by atoms with E-state index in [0.717, 1.165) is 75.2 Å². The highest BCUT2D eigenvalue weighted by molar-refractivity contribution is 7.15. The van der Waals surface area contributed by atoms with E-state index < -0.39 is 0 Å². The zero-order valence-corrected chi connectivity index (χ0v) is 24.3. The molecule has 7 heteroatoms. The number of aryl methyl sites for hydroxylation is 3. The van der Waals surface area contributed by atoms with Crippen LogP contribution >= 0.6 is 11.3 Å². The molecule has 0 unspecified atom stereocenters. The smallest absolute Gasteiger partial charge is 0.271 e. The maximum atomic E-state index is 13.7. The number of nitrogens with one attached hydrogen (secondary N) is 2. The molecular formula is C34H32N4O2S. The standard InChI is InChI=1S/C34H32N4O2S/c1-21-15-17-26(18-16-21)36-33(40)31-29-12-6-7-14-30(29)41-34(31)38-22(2)19-25(23(38)3)20-35-37-32(39)28-13-8-10-24-9-4-5-11-27(24)28/h4-5,8-11,13,15-20H,6-7,12,14H2,1-3H3,(H,36,40)(H,37,39)/b35-20-. The van der Waals surface area contributed by atoms with Crippen molar-refractivity contribution in [3.05, 3.63) is 117 Å². The summed E-state index contributed by atoms with van der Waals surface area (Å²) >= 11 is 1.71. The SMILES string of the molecule is Cc1ccc(NC(=O)c2c(-n3c(C)cc(/C=N\NC(=O)c4cccc5ccccc45)c3C)sc3c2CCCC3)cc1. The highest BCUT2D eigenvalue weighted by Crippen LogP contribution is 2.39. The number of hydrazone groups is 1. The molecule has 2 amide bonds. The highest BCUT2D eigenvalue weighted by Gasteiger charge is 2.28. The molecule has 5 aromatic rings. The van der Waals surface area contributed by atoms with Crippen LogP contribution in [-0.4, -0.2) is 22.6 Å². The molecule has 0 radical (unpaired) electrons. The van der Waals surface area contributed by atoms with E-state index in [-0.39, 0.29) is 11.8 Å². The van der Waals surface area contributed by atoms with Gasteiger partial charge in [-0.3, -0.25) is 9.59 Å². The van der Waals surface area contributed by atoms with Crippen LogP contribution in [0.3, 0.4) is 0 Å². The van der Waals surface area contributed by atoms with Gasteiger partial charge < -0.3 is 9.88 Å². The Bertz CT molecular complexity index is 1810. The van der Waals surface area contributed by atoms with Crippen LogP contribution in [-0.2, 0) is 12.8 Å². The number of hydrogen-bond donors (Lipinski definition) is 2. The summed E-state index contributed by atoms with van der Waals surface area (Å²) in [7, 11) is 0. The molecule has 0 bridgehead atoms. The topological polar surface area (TPSA) is 75.5 Å². The van der Waals surface area contributed by atoms with Crippen LogP contribution < -0.4 is 10.7 Å². The predicted octanol–water partition coefficient (Wildman–Crippen LogP) is 7.51. The van der Waals surface area contributed by atoms with Crippen LogP contribution in [0, 0.1) is 20.8 Å². The van der Waals surface area contributed by atoms with Gasteiger partial charge in [0, 0.05) is 33.1 Å². The Hall–Kier alpha value is -4.49. The van der Waals surface area contributed by atoms with E-state index in [2.05, 4.69) is 20.4 Å². The summed E-state index contributed by atoms with van der Waals surface area (Å²) < 4.78 is 2.15. The molecule has 0 atom stereocenters. The Morgan fingerprint density at radius 1 is 0.902 bits per heavy atom. The summed E-state index contributed by atoms with van der Waals surface area (Å²) in [4.78, 5) is 28.0. The van der Waals surface area contributed by atoms with Gasteiger partial charge in [-0.25, -0.2) is 5.43 Å². The summed E-state index contributed by atoms with van der Waals surface area (Å²) in [5.41, 5.74) is 10.0. The monoisotopic (exact) mass is 560 g/mol. The quantitative estimate of drug-likeness (QED) is 0.167. The number of carbonyl (C=O) groups excluding carboxylic acids is 2. The second-order valence-electron chi connectivity index (χ2n) is 10.6. The van der Waals surface area contributed by atoms with Crippen LogP contribution in [0.15, 0.2) is 77.9 Å². The van der Waals surface area contributed by atoms with E-state index in [9.17, 15) is 9.59 Å². The first-order valence-corrected chi connectivity index (χ1v) is 14.8. The molecule has 2 N–H and O–H groups in total. The number of hydrogen-bond acceptors (Lipinski definition) is 4. The fourth-order valence-electron chi connectivity index (χ4n) is 5.65. The minimum atomic E-state index is -0.257. The fraction of sp³-hybridized carbons (Fsp3) is 0.206. The van der Waals surface area contributed by atoms with Crippen molar-refractivity contribution in [1.29, 1.82) is 0 Å². The Labute approximate surface area is 243 Å². The normalized spacial score (nSPS) is 13.0. The first-order chi connectivity index (χ1) is 19.9. The van der Waals surface area contributed by atoms with Gasteiger partial charge >= 0.3 is 0 Å². The average molecular weight is 561 g/mol. The zero-order valence-electron chi connectivity index (χ0n) is 23.5. The Morgan fingerprint density at radius 2 is 1.66 bits per heavy atom.